The Morgan fingerprint density at radius 3 is 2.90 bits per heavy atom. The monoisotopic (exact) mass is 138 g/mol. The van der Waals surface area contributed by atoms with E-state index in [0.717, 1.165) is 13.0 Å². The van der Waals surface area contributed by atoms with Gasteiger partial charge in [-0.15, -0.1) is 0 Å². The Morgan fingerprint density at radius 1 is 1.40 bits per heavy atom. The molecule has 0 bridgehead atoms. The van der Waals surface area contributed by atoms with Crippen LogP contribution in [0.3, 0.4) is 0 Å². The molecular formula is C8H14N2. The van der Waals surface area contributed by atoms with Crippen LogP contribution in [0.2, 0.25) is 0 Å². The summed E-state index contributed by atoms with van der Waals surface area (Å²) in [7, 11) is 2.04. The fraction of sp³-hybridized carbons (Fsp3) is 0.875. The van der Waals surface area contributed by atoms with Gasteiger partial charge in [0.15, 0.2) is 0 Å². The molecule has 1 aliphatic heterocycles. The van der Waals surface area contributed by atoms with E-state index in [-0.39, 0.29) is 6.04 Å². The molecule has 1 atom stereocenters. The summed E-state index contributed by atoms with van der Waals surface area (Å²) < 4.78 is 0. The van der Waals surface area contributed by atoms with Crippen LogP contribution < -0.4 is 0 Å². The number of hydrogen-bond donors (Lipinski definition) is 0. The first-order valence-electron chi connectivity index (χ1n) is 3.94. The summed E-state index contributed by atoms with van der Waals surface area (Å²) in [6, 6.07) is 2.50. The zero-order valence-electron chi connectivity index (χ0n) is 6.51. The lowest BCUT2D eigenvalue weighted by molar-refractivity contribution is 0.295. The molecule has 56 valence electrons. The third kappa shape index (κ3) is 1.71. The van der Waals surface area contributed by atoms with Crippen LogP contribution in [0.15, 0.2) is 0 Å². The van der Waals surface area contributed by atoms with Gasteiger partial charge in [0.05, 0.1) is 12.1 Å². The number of likely N-dealkylation sites (tertiary alicyclic amines) is 1. The number of rotatable bonds is 0. The molecule has 0 aromatic carbocycles. The normalized spacial score (nSPS) is 29.0. The quantitative estimate of drug-likeness (QED) is 0.505. The van der Waals surface area contributed by atoms with Crippen LogP contribution >= 0.6 is 0 Å². The summed E-state index contributed by atoms with van der Waals surface area (Å²) in [5, 5.41) is 8.69. The summed E-state index contributed by atoms with van der Waals surface area (Å²) in [6.07, 6.45) is 4.84. The highest BCUT2D eigenvalue weighted by molar-refractivity contribution is 4.91. The van der Waals surface area contributed by atoms with Crippen molar-refractivity contribution in [3.05, 3.63) is 0 Å². The molecular weight excluding hydrogens is 124 g/mol. The summed E-state index contributed by atoms with van der Waals surface area (Å²) in [5.41, 5.74) is 0. The molecule has 0 aromatic heterocycles. The van der Waals surface area contributed by atoms with Crippen LogP contribution in [0, 0.1) is 11.3 Å². The van der Waals surface area contributed by atoms with Gasteiger partial charge in [0, 0.05) is 0 Å². The van der Waals surface area contributed by atoms with Gasteiger partial charge in [-0.3, -0.25) is 4.90 Å². The lowest BCUT2D eigenvalue weighted by atomic mass is 10.1. The van der Waals surface area contributed by atoms with Crippen LogP contribution in [-0.4, -0.2) is 24.5 Å². The van der Waals surface area contributed by atoms with Crippen LogP contribution in [0.1, 0.15) is 25.7 Å². The van der Waals surface area contributed by atoms with Gasteiger partial charge in [0.25, 0.3) is 0 Å². The van der Waals surface area contributed by atoms with Gasteiger partial charge < -0.3 is 0 Å². The maximum absolute atomic E-state index is 8.69. The Kier molecular flexibility index (Phi) is 2.70. The van der Waals surface area contributed by atoms with Crippen molar-refractivity contribution in [2.45, 2.75) is 31.7 Å². The van der Waals surface area contributed by atoms with E-state index in [1.807, 2.05) is 7.05 Å². The van der Waals surface area contributed by atoms with Gasteiger partial charge in [0.1, 0.15) is 0 Å². The molecule has 0 N–H and O–H groups in total. The molecule has 1 fully saturated rings. The second kappa shape index (κ2) is 3.58. The Balaban J connectivity index is 2.45. The van der Waals surface area contributed by atoms with Gasteiger partial charge in [-0.2, -0.15) is 5.26 Å². The summed E-state index contributed by atoms with van der Waals surface area (Å²) >= 11 is 0. The van der Waals surface area contributed by atoms with E-state index in [0.29, 0.717) is 0 Å². The first-order chi connectivity index (χ1) is 4.84. The van der Waals surface area contributed by atoms with Crippen molar-refractivity contribution in [2.75, 3.05) is 13.6 Å². The predicted octanol–water partition coefficient (Wildman–Crippen LogP) is 1.38. The molecule has 1 aliphatic rings. The molecule has 0 saturated carbocycles. The lowest BCUT2D eigenvalue weighted by Gasteiger charge is -2.17. The van der Waals surface area contributed by atoms with Crippen molar-refractivity contribution in [3.63, 3.8) is 0 Å². The average molecular weight is 138 g/mol. The van der Waals surface area contributed by atoms with Crippen molar-refractivity contribution in [3.8, 4) is 6.07 Å². The summed E-state index contributed by atoms with van der Waals surface area (Å²) in [5.74, 6) is 0. The number of nitrogens with zero attached hydrogens (tertiary/aromatic N) is 2. The zero-order valence-corrected chi connectivity index (χ0v) is 6.51. The third-order valence-corrected chi connectivity index (χ3v) is 2.17. The van der Waals surface area contributed by atoms with Gasteiger partial charge in [-0.1, -0.05) is 12.8 Å². The van der Waals surface area contributed by atoms with E-state index in [1.165, 1.54) is 19.3 Å². The van der Waals surface area contributed by atoms with Crippen LogP contribution in [0.4, 0.5) is 0 Å². The Labute approximate surface area is 62.4 Å². The van der Waals surface area contributed by atoms with Gasteiger partial charge in [-0.05, 0) is 26.4 Å². The van der Waals surface area contributed by atoms with Crippen LogP contribution in [-0.2, 0) is 0 Å². The number of hydrogen-bond acceptors (Lipinski definition) is 2. The van der Waals surface area contributed by atoms with Gasteiger partial charge in [0.2, 0.25) is 0 Å². The van der Waals surface area contributed by atoms with Crippen LogP contribution in [0.5, 0.6) is 0 Å². The van der Waals surface area contributed by atoms with Crippen molar-refractivity contribution in [1.82, 2.24) is 4.90 Å². The smallest absolute Gasteiger partial charge is 0.0975 e. The molecule has 1 heterocycles. The molecule has 0 radical (unpaired) electrons. The third-order valence-electron chi connectivity index (χ3n) is 2.17. The minimum atomic E-state index is 0.183. The van der Waals surface area contributed by atoms with Crippen LogP contribution in [0.25, 0.3) is 0 Å². The lowest BCUT2D eigenvalue weighted by Crippen LogP contribution is -2.29. The van der Waals surface area contributed by atoms with E-state index in [9.17, 15) is 0 Å². The van der Waals surface area contributed by atoms with Crippen molar-refractivity contribution in [1.29, 1.82) is 5.26 Å². The van der Waals surface area contributed by atoms with Gasteiger partial charge >= 0.3 is 0 Å². The standard InChI is InChI=1S/C8H14N2/c1-10-6-4-2-3-5-8(10)7-9/h8H,2-6H2,1H3. The van der Waals surface area contributed by atoms with E-state index in [1.54, 1.807) is 0 Å². The number of nitriles is 1. The summed E-state index contributed by atoms with van der Waals surface area (Å²) in [6.45, 7) is 1.10. The molecule has 1 unspecified atom stereocenters. The first-order valence-corrected chi connectivity index (χ1v) is 3.94. The Bertz CT molecular complexity index is 137. The van der Waals surface area contributed by atoms with E-state index < -0.39 is 0 Å². The minimum Gasteiger partial charge on any atom is -0.291 e. The molecule has 2 nitrogen and oxygen atoms in total. The molecule has 0 aromatic rings. The molecule has 0 amide bonds. The van der Waals surface area contributed by atoms with Gasteiger partial charge in [-0.25, -0.2) is 0 Å². The van der Waals surface area contributed by atoms with E-state index in [4.69, 9.17) is 5.26 Å². The molecule has 1 saturated heterocycles. The highest BCUT2D eigenvalue weighted by Gasteiger charge is 2.15. The van der Waals surface area contributed by atoms with Crippen molar-refractivity contribution >= 4 is 0 Å². The maximum atomic E-state index is 8.69. The summed E-state index contributed by atoms with van der Waals surface area (Å²) in [4.78, 5) is 2.16. The Morgan fingerprint density at radius 2 is 2.20 bits per heavy atom. The zero-order chi connectivity index (χ0) is 7.40. The highest BCUT2D eigenvalue weighted by Crippen LogP contribution is 2.13. The highest BCUT2D eigenvalue weighted by atomic mass is 15.1. The molecule has 0 spiro atoms. The maximum Gasteiger partial charge on any atom is 0.0975 e. The largest absolute Gasteiger partial charge is 0.291 e. The molecule has 2 heteroatoms. The predicted molar refractivity (Wildman–Crippen MR) is 40.5 cm³/mol. The van der Waals surface area contributed by atoms with E-state index >= 15 is 0 Å². The van der Waals surface area contributed by atoms with Crippen molar-refractivity contribution < 1.29 is 0 Å². The molecule has 1 rings (SSSR count). The fourth-order valence-corrected chi connectivity index (χ4v) is 1.42. The average Bonchev–Trinajstić information content (AvgIpc) is 2.13. The molecule has 0 aliphatic carbocycles. The SMILES string of the molecule is CN1CCCCCC1C#N. The van der Waals surface area contributed by atoms with E-state index in [2.05, 4.69) is 11.0 Å². The minimum absolute atomic E-state index is 0.183. The fourth-order valence-electron chi connectivity index (χ4n) is 1.42. The topological polar surface area (TPSA) is 27.0 Å². The second-order valence-corrected chi connectivity index (χ2v) is 2.97. The Hall–Kier alpha value is -0.550. The second-order valence-electron chi connectivity index (χ2n) is 2.97. The first kappa shape index (κ1) is 7.56. The molecule has 10 heavy (non-hydrogen) atoms. The van der Waals surface area contributed by atoms with Crippen molar-refractivity contribution in [2.24, 2.45) is 0 Å².